The van der Waals surface area contributed by atoms with Crippen molar-refractivity contribution in [2.24, 2.45) is 0 Å². The van der Waals surface area contributed by atoms with Gasteiger partial charge in [0.2, 0.25) is 0 Å². The van der Waals surface area contributed by atoms with Gasteiger partial charge in [0.1, 0.15) is 0 Å². The third kappa shape index (κ3) is 3.51. The fourth-order valence-corrected chi connectivity index (χ4v) is 2.11. The van der Waals surface area contributed by atoms with Gasteiger partial charge in [0.15, 0.2) is 5.82 Å². The number of anilines is 1. The minimum absolute atomic E-state index is 0.197. The summed E-state index contributed by atoms with van der Waals surface area (Å²) in [5, 5.41) is 2.41. The Morgan fingerprint density at radius 2 is 2.00 bits per heavy atom. The maximum absolute atomic E-state index is 13.4. The second-order valence-electron chi connectivity index (χ2n) is 3.68. The normalized spacial score (nSPS) is 10.6. The molecule has 0 unspecified atom stereocenters. The minimum atomic E-state index is -2.61. The first-order valence-electron chi connectivity index (χ1n) is 5.52. The van der Waals surface area contributed by atoms with Gasteiger partial charge < -0.3 is 5.32 Å². The number of nitrogens with one attached hydrogen (secondary N) is 1. The van der Waals surface area contributed by atoms with Crippen molar-refractivity contribution in [2.45, 2.75) is 10.7 Å². The van der Waals surface area contributed by atoms with Crippen LogP contribution in [0.1, 0.15) is 10.4 Å². The van der Waals surface area contributed by atoms with Gasteiger partial charge >= 0.3 is 0 Å². The largest absolute Gasteiger partial charge is 0.321 e. The van der Waals surface area contributed by atoms with E-state index < -0.39 is 17.5 Å². The lowest BCUT2D eigenvalue weighted by molar-refractivity contribution is 0.102. The molecule has 1 N–H and O–H groups in total. The second kappa shape index (κ2) is 6.42. The number of para-hydroxylation sites is 1. The average Bonchev–Trinajstić information content (AvgIpc) is 2.41. The van der Waals surface area contributed by atoms with Gasteiger partial charge in [-0.3, -0.25) is 9.78 Å². The highest BCUT2D eigenvalue weighted by atomic mass is 32.2. The summed E-state index contributed by atoms with van der Waals surface area (Å²) in [5.41, 5.74) is 0.0101. The van der Waals surface area contributed by atoms with Crippen LogP contribution in [-0.2, 0) is 0 Å². The number of rotatable bonds is 4. The van der Waals surface area contributed by atoms with E-state index in [0.717, 1.165) is 6.20 Å². The molecule has 1 heterocycles. The number of nitrogens with zero attached hydrogens (tertiary/aromatic N) is 1. The number of carbonyl (C=O) groups excluding carboxylic acids is 1. The van der Waals surface area contributed by atoms with Gasteiger partial charge in [-0.05, 0) is 18.2 Å². The Hall–Kier alpha value is -2.02. The zero-order valence-corrected chi connectivity index (χ0v) is 10.8. The van der Waals surface area contributed by atoms with Crippen molar-refractivity contribution in [1.82, 2.24) is 4.98 Å². The molecule has 0 saturated carbocycles. The Labute approximate surface area is 117 Å². The maximum atomic E-state index is 13.4. The Morgan fingerprint density at radius 1 is 1.25 bits per heavy atom. The van der Waals surface area contributed by atoms with E-state index >= 15 is 0 Å². The summed E-state index contributed by atoms with van der Waals surface area (Å²) in [5.74, 6) is -4.10. The molecule has 3 nitrogen and oxygen atoms in total. The van der Waals surface area contributed by atoms with E-state index in [1.807, 2.05) is 0 Å². The Balaban J connectivity index is 2.22. The van der Waals surface area contributed by atoms with Gasteiger partial charge in [-0.2, -0.15) is 8.78 Å². The molecule has 0 spiro atoms. The topological polar surface area (TPSA) is 42.0 Å². The summed E-state index contributed by atoms with van der Waals surface area (Å²) in [7, 11) is 0. The molecule has 0 aliphatic carbocycles. The summed E-state index contributed by atoms with van der Waals surface area (Å²) >= 11 is 0.312. The number of carbonyl (C=O) groups is 1. The number of hydrogen-bond donors (Lipinski definition) is 1. The number of thioether (sulfide) groups is 1. The highest BCUT2D eigenvalue weighted by Crippen LogP contribution is 2.31. The molecular formula is C13H9F3N2OS. The molecule has 1 aromatic carbocycles. The van der Waals surface area contributed by atoms with Crippen LogP contribution >= 0.6 is 11.8 Å². The number of pyridine rings is 1. The van der Waals surface area contributed by atoms with Gasteiger partial charge in [-0.1, -0.05) is 23.9 Å². The molecule has 2 rings (SSSR count). The average molecular weight is 298 g/mol. The van der Waals surface area contributed by atoms with Gasteiger partial charge in [0.05, 0.1) is 17.4 Å². The first kappa shape index (κ1) is 14.4. The Bertz CT molecular complexity index is 622. The van der Waals surface area contributed by atoms with Crippen LogP contribution in [0.5, 0.6) is 0 Å². The molecule has 0 radical (unpaired) electrons. The van der Waals surface area contributed by atoms with Crippen molar-refractivity contribution in [2.75, 3.05) is 5.32 Å². The number of aromatic nitrogens is 1. The molecule has 2 aromatic rings. The van der Waals surface area contributed by atoms with E-state index in [4.69, 9.17) is 0 Å². The van der Waals surface area contributed by atoms with Gasteiger partial charge in [0, 0.05) is 11.1 Å². The van der Waals surface area contributed by atoms with Crippen LogP contribution in [0.3, 0.4) is 0 Å². The highest BCUT2D eigenvalue weighted by Gasteiger charge is 2.15. The molecule has 0 aliphatic rings. The van der Waals surface area contributed by atoms with E-state index in [-0.39, 0.29) is 16.1 Å². The number of amides is 1. The van der Waals surface area contributed by atoms with Crippen molar-refractivity contribution in [3.8, 4) is 0 Å². The number of halogens is 3. The third-order valence-electron chi connectivity index (χ3n) is 2.37. The Morgan fingerprint density at radius 3 is 2.70 bits per heavy atom. The van der Waals surface area contributed by atoms with Crippen LogP contribution in [0.25, 0.3) is 0 Å². The van der Waals surface area contributed by atoms with Crippen LogP contribution < -0.4 is 5.32 Å². The molecular weight excluding hydrogens is 289 g/mol. The van der Waals surface area contributed by atoms with Gasteiger partial charge in [0.25, 0.3) is 11.7 Å². The molecule has 1 amide bonds. The molecule has 0 bridgehead atoms. The fraction of sp³-hybridized carbons (Fsp3) is 0.0769. The van der Waals surface area contributed by atoms with Crippen LogP contribution in [-0.4, -0.2) is 16.6 Å². The van der Waals surface area contributed by atoms with Crippen molar-refractivity contribution in [3.05, 3.63) is 54.1 Å². The number of hydrogen-bond acceptors (Lipinski definition) is 3. The lowest BCUT2D eigenvalue weighted by atomic mass is 10.2. The van der Waals surface area contributed by atoms with E-state index in [1.165, 1.54) is 24.4 Å². The van der Waals surface area contributed by atoms with Crippen molar-refractivity contribution < 1.29 is 18.0 Å². The molecule has 1 aromatic heterocycles. The van der Waals surface area contributed by atoms with Gasteiger partial charge in [-0.15, -0.1) is 0 Å². The number of benzene rings is 1. The molecule has 0 aliphatic heterocycles. The smallest absolute Gasteiger partial charge is 0.288 e. The summed E-state index contributed by atoms with van der Waals surface area (Å²) in [6.07, 6.45) is 2.19. The summed E-state index contributed by atoms with van der Waals surface area (Å²) in [4.78, 5) is 15.6. The summed E-state index contributed by atoms with van der Waals surface area (Å²) < 4.78 is 38.2. The maximum Gasteiger partial charge on any atom is 0.288 e. The fourth-order valence-electron chi connectivity index (χ4n) is 1.52. The van der Waals surface area contributed by atoms with Crippen molar-refractivity contribution in [1.29, 1.82) is 0 Å². The third-order valence-corrected chi connectivity index (χ3v) is 3.16. The first-order chi connectivity index (χ1) is 9.58. The molecule has 0 fully saturated rings. The van der Waals surface area contributed by atoms with Crippen molar-refractivity contribution in [3.63, 3.8) is 0 Å². The molecule has 104 valence electrons. The van der Waals surface area contributed by atoms with E-state index in [0.29, 0.717) is 11.8 Å². The predicted molar refractivity (Wildman–Crippen MR) is 70.5 cm³/mol. The summed E-state index contributed by atoms with van der Waals surface area (Å²) in [6, 6.07) is 7.31. The van der Waals surface area contributed by atoms with Crippen molar-refractivity contribution >= 4 is 23.4 Å². The summed E-state index contributed by atoms with van der Waals surface area (Å²) in [6.45, 7) is 0. The van der Waals surface area contributed by atoms with E-state index in [2.05, 4.69) is 10.3 Å². The standard InChI is InChI=1S/C13H9F3N2OS/c14-9-7-17-6-5-8(9)12(19)18-10-3-1-2-4-11(10)20-13(15)16/h1-7,13H,(H,18,19). The zero-order chi connectivity index (χ0) is 14.5. The van der Waals surface area contributed by atoms with Crippen LogP contribution in [0.15, 0.2) is 47.6 Å². The SMILES string of the molecule is O=C(Nc1ccccc1SC(F)F)c1ccncc1F. The highest BCUT2D eigenvalue weighted by molar-refractivity contribution is 7.99. The van der Waals surface area contributed by atoms with E-state index in [1.54, 1.807) is 12.1 Å². The predicted octanol–water partition coefficient (Wildman–Crippen LogP) is 3.79. The van der Waals surface area contributed by atoms with Crippen LogP contribution in [0.2, 0.25) is 0 Å². The van der Waals surface area contributed by atoms with Crippen LogP contribution in [0, 0.1) is 5.82 Å². The monoisotopic (exact) mass is 298 g/mol. The second-order valence-corrected chi connectivity index (χ2v) is 4.72. The molecule has 7 heteroatoms. The van der Waals surface area contributed by atoms with Crippen LogP contribution in [0.4, 0.5) is 18.9 Å². The Kier molecular flexibility index (Phi) is 4.62. The zero-order valence-electron chi connectivity index (χ0n) is 10.0. The number of alkyl halides is 2. The minimum Gasteiger partial charge on any atom is -0.321 e. The molecule has 0 saturated heterocycles. The molecule has 0 atom stereocenters. The molecule has 20 heavy (non-hydrogen) atoms. The van der Waals surface area contributed by atoms with Gasteiger partial charge in [-0.25, -0.2) is 4.39 Å². The lowest BCUT2D eigenvalue weighted by Crippen LogP contribution is -2.14. The quantitative estimate of drug-likeness (QED) is 0.873. The lowest BCUT2D eigenvalue weighted by Gasteiger charge is -2.10. The first-order valence-corrected chi connectivity index (χ1v) is 6.40. The van der Waals surface area contributed by atoms with E-state index in [9.17, 15) is 18.0 Å².